The zero-order chi connectivity index (χ0) is 29.1. The number of carbonyl (C=O) groups is 1. The maximum atomic E-state index is 13.4. The average Bonchev–Trinajstić information content (AvgIpc) is 2.86. The van der Waals surface area contributed by atoms with Crippen LogP contribution >= 0.6 is 0 Å². The number of carbonyl (C=O) groups excluding carboxylic acids is 1. The van der Waals surface area contributed by atoms with Crippen molar-refractivity contribution >= 4 is 16.7 Å². The Morgan fingerprint density at radius 2 is 1.77 bits per heavy atom. The first-order valence-electron chi connectivity index (χ1n) is 13.2. The van der Waals surface area contributed by atoms with Crippen LogP contribution in [-0.4, -0.2) is 24.1 Å². The molecule has 3 aromatic rings. The van der Waals surface area contributed by atoms with Gasteiger partial charge < -0.3 is 4.74 Å². The van der Waals surface area contributed by atoms with E-state index < -0.39 is 11.6 Å². The number of fused-ring (bicyclic) bond motifs is 1. The van der Waals surface area contributed by atoms with E-state index in [9.17, 15) is 18.0 Å². The van der Waals surface area contributed by atoms with Crippen LogP contribution in [0.2, 0.25) is 0 Å². The first kappa shape index (κ1) is 30.1. The highest BCUT2D eigenvalue weighted by Gasteiger charge is 2.51. The van der Waals surface area contributed by atoms with E-state index in [4.69, 9.17) is 9.72 Å². The molecule has 6 heteroatoms. The summed E-state index contributed by atoms with van der Waals surface area (Å²) >= 11 is 0. The van der Waals surface area contributed by atoms with Gasteiger partial charge in [-0.15, -0.1) is 0 Å². The van der Waals surface area contributed by atoms with Gasteiger partial charge in [-0.2, -0.15) is 13.2 Å². The molecular formula is C33H38F3NO2. The fourth-order valence-electron chi connectivity index (χ4n) is 4.68. The molecule has 0 saturated carbocycles. The number of benzene rings is 2. The Kier molecular flexibility index (Phi) is 9.09. The first-order chi connectivity index (χ1) is 18.2. The minimum absolute atomic E-state index is 0.0610. The van der Waals surface area contributed by atoms with Crippen molar-refractivity contribution in [2.75, 3.05) is 7.11 Å². The minimum Gasteiger partial charge on any atom is -0.500 e. The Bertz CT molecular complexity index is 1420. The zero-order valence-corrected chi connectivity index (χ0v) is 23.9. The predicted octanol–water partition coefficient (Wildman–Crippen LogP) is 9.21. The lowest BCUT2D eigenvalue weighted by Gasteiger charge is -2.29. The molecule has 3 nitrogen and oxygen atoms in total. The Hall–Kier alpha value is -3.41. The molecule has 0 bridgehead atoms. The number of halogens is 3. The summed E-state index contributed by atoms with van der Waals surface area (Å²) in [5.41, 5.74) is 5.48. The lowest BCUT2D eigenvalue weighted by atomic mass is 9.88. The fraction of sp³-hybridized carbons (Fsp3) is 0.394. The standard InChI is InChI=1S/C33H38F3NO2/c1-9-21(3)29-18-26-16-27(19-37-30(26)15-23(29)5)25-11-10-24(22(4)14-25)17-28(38)12-20(2)13-31(39-8)32(6,7)33(34,35)36/h10-11,13-16,18-19,21H,2,9,12,17H2,1,3-8H3/b31-13-. The number of methoxy groups -OCH3 is 1. The number of hydrogen-bond acceptors (Lipinski definition) is 3. The lowest BCUT2D eigenvalue weighted by molar-refractivity contribution is -0.208. The number of nitrogens with zero attached hydrogens (tertiary/aromatic N) is 1. The van der Waals surface area contributed by atoms with Crippen molar-refractivity contribution in [1.29, 1.82) is 0 Å². The number of aromatic nitrogens is 1. The molecule has 0 radical (unpaired) electrons. The summed E-state index contributed by atoms with van der Waals surface area (Å²) in [5, 5.41) is 1.10. The van der Waals surface area contributed by atoms with Gasteiger partial charge in [-0.05, 0) is 97.7 Å². The second kappa shape index (κ2) is 11.8. The Labute approximate surface area is 229 Å². The molecule has 0 spiro atoms. The number of aryl methyl sites for hydroxylation is 2. The van der Waals surface area contributed by atoms with Crippen molar-refractivity contribution in [1.82, 2.24) is 4.98 Å². The summed E-state index contributed by atoms with van der Waals surface area (Å²) in [6, 6.07) is 12.5. The molecule has 1 unspecified atom stereocenters. The first-order valence-corrected chi connectivity index (χ1v) is 13.2. The molecule has 0 aliphatic rings. The number of pyridine rings is 1. The van der Waals surface area contributed by atoms with Crippen LogP contribution in [-0.2, 0) is 16.0 Å². The summed E-state index contributed by atoms with van der Waals surface area (Å²) in [6.07, 6.45) is -0.222. The molecule has 2 aromatic carbocycles. The van der Waals surface area contributed by atoms with Gasteiger partial charge >= 0.3 is 6.18 Å². The quantitative estimate of drug-likeness (QED) is 0.191. The second-order valence-electron chi connectivity index (χ2n) is 11.0. The largest absolute Gasteiger partial charge is 0.500 e. The van der Waals surface area contributed by atoms with Crippen LogP contribution < -0.4 is 0 Å². The van der Waals surface area contributed by atoms with E-state index in [0.29, 0.717) is 5.92 Å². The van der Waals surface area contributed by atoms with E-state index in [1.165, 1.54) is 24.3 Å². The molecule has 3 rings (SSSR count). The third kappa shape index (κ3) is 6.78. The van der Waals surface area contributed by atoms with E-state index in [2.05, 4.69) is 45.5 Å². The number of Topliss-reactive ketones (excluding diaryl/α,β-unsaturated/α-hetero) is 1. The smallest absolute Gasteiger partial charge is 0.400 e. The molecule has 0 aliphatic heterocycles. The molecule has 0 amide bonds. The van der Waals surface area contributed by atoms with Crippen LogP contribution in [0.3, 0.4) is 0 Å². The number of rotatable bonds is 10. The van der Waals surface area contributed by atoms with Crippen LogP contribution in [0.15, 0.2) is 66.6 Å². The third-order valence-corrected chi connectivity index (χ3v) is 7.58. The van der Waals surface area contributed by atoms with Crippen LogP contribution in [0.1, 0.15) is 68.7 Å². The number of allylic oxidation sites excluding steroid dienone is 3. The van der Waals surface area contributed by atoms with Crippen LogP contribution in [0.4, 0.5) is 13.2 Å². The Balaban J connectivity index is 1.77. The van der Waals surface area contributed by atoms with Crippen molar-refractivity contribution in [2.45, 2.75) is 72.9 Å². The van der Waals surface area contributed by atoms with E-state index in [-0.39, 0.29) is 30.0 Å². The van der Waals surface area contributed by atoms with Crippen LogP contribution in [0.5, 0.6) is 0 Å². The van der Waals surface area contributed by atoms with Gasteiger partial charge in [0.05, 0.1) is 12.6 Å². The van der Waals surface area contributed by atoms with E-state index in [1.807, 2.05) is 31.3 Å². The van der Waals surface area contributed by atoms with Gasteiger partial charge in [-0.3, -0.25) is 9.78 Å². The van der Waals surface area contributed by atoms with Crippen molar-refractivity contribution in [3.8, 4) is 11.1 Å². The number of alkyl halides is 3. The molecule has 0 aliphatic carbocycles. The molecule has 1 aromatic heterocycles. The lowest BCUT2D eigenvalue weighted by Crippen LogP contribution is -2.34. The molecule has 208 valence electrons. The van der Waals surface area contributed by atoms with Gasteiger partial charge in [0.1, 0.15) is 17.0 Å². The summed E-state index contributed by atoms with van der Waals surface area (Å²) in [7, 11) is 1.19. The topological polar surface area (TPSA) is 39.2 Å². The maximum Gasteiger partial charge on any atom is 0.400 e. The van der Waals surface area contributed by atoms with Crippen molar-refractivity contribution in [3.63, 3.8) is 0 Å². The van der Waals surface area contributed by atoms with Gasteiger partial charge in [0, 0.05) is 30.0 Å². The summed E-state index contributed by atoms with van der Waals surface area (Å²) < 4.78 is 45.2. The normalized spacial score (nSPS) is 13.4. The SMILES string of the molecule is C=C(/C=C(\OC)C(C)(C)C(F)(F)F)CC(=O)Cc1ccc(-c2cnc3cc(C)c(C(C)CC)cc3c2)cc1C. The number of ketones is 1. The van der Waals surface area contributed by atoms with E-state index in [0.717, 1.165) is 53.4 Å². The molecule has 1 heterocycles. The molecule has 1 atom stereocenters. The Morgan fingerprint density at radius 1 is 1.08 bits per heavy atom. The summed E-state index contributed by atoms with van der Waals surface area (Å²) in [6.45, 7) is 14.4. The molecule has 0 saturated heterocycles. The van der Waals surface area contributed by atoms with E-state index in [1.54, 1.807) is 0 Å². The molecule has 0 N–H and O–H groups in total. The van der Waals surface area contributed by atoms with Gasteiger partial charge in [-0.1, -0.05) is 38.6 Å². The van der Waals surface area contributed by atoms with Gasteiger partial charge in [0.2, 0.25) is 0 Å². The van der Waals surface area contributed by atoms with Crippen molar-refractivity contribution in [3.05, 3.63) is 88.8 Å². The molecule has 39 heavy (non-hydrogen) atoms. The third-order valence-electron chi connectivity index (χ3n) is 7.58. The van der Waals surface area contributed by atoms with Crippen LogP contribution in [0.25, 0.3) is 22.0 Å². The highest BCUT2D eigenvalue weighted by molar-refractivity contribution is 5.86. The minimum atomic E-state index is -4.49. The summed E-state index contributed by atoms with van der Waals surface area (Å²) in [5.74, 6) is 0.0670. The summed E-state index contributed by atoms with van der Waals surface area (Å²) in [4.78, 5) is 17.5. The van der Waals surface area contributed by atoms with Gasteiger partial charge in [0.15, 0.2) is 0 Å². The molecular weight excluding hydrogens is 499 g/mol. The van der Waals surface area contributed by atoms with Gasteiger partial charge in [0.25, 0.3) is 0 Å². The monoisotopic (exact) mass is 537 g/mol. The number of ether oxygens (including phenoxy) is 1. The highest BCUT2D eigenvalue weighted by Crippen LogP contribution is 2.44. The van der Waals surface area contributed by atoms with E-state index >= 15 is 0 Å². The predicted molar refractivity (Wildman–Crippen MR) is 153 cm³/mol. The zero-order valence-electron chi connectivity index (χ0n) is 23.9. The van der Waals surface area contributed by atoms with Crippen molar-refractivity contribution < 1.29 is 22.7 Å². The number of hydrogen-bond donors (Lipinski definition) is 0. The fourth-order valence-corrected chi connectivity index (χ4v) is 4.68. The van der Waals surface area contributed by atoms with Crippen LogP contribution in [0, 0.1) is 19.3 Å². The van der Waals surface area contributed by atoms with Crippen molar-refractivity contribution in [2.24, 2.45) is 5.41 Å². The Morgan fingerprint density at radius 3 is 2.36 bits per heavy atom. The second-order valence-corrected chi connectivity index (χ2v) is 11.0. The highest BCUT2D eigenvalue weighted by atomic mass is 19.4. The average molecular weight is 538 g/mol. The molecule has 0 fully saturated rings. The van der Waals surface area contributed by atoms with Gasteiger partial charge in [-0.25, -0.2) is 0 Å². The maximum absolute atomic E-state index is 13.4.